The summed E-state index contributed by atoms with van der Waals surface area (Å²) < 4.78 is 0. The number of allylic oxidation sites excluding steroid dienone is 1. The zero-order valence-corrected chi connectivity index (χ0v) is 8.66. The molecule has 0 radical (unpaired) electrons. The van der Waals surface area contributed by atoms with E-state index in [0.717, 1.165) is 19.4 Å². The van der Waals surface area contributed by atoms with Gasteiger partial charge in [0.15, 0.2) is 0 Å². The van der Waals surface area contributed by atoms with Crippen LogP contribution >= 0.6 is 0 Å². The van der Waals surface area contributed by atoms with Crippen molar-refractivity contribution < 1.29 is 0 Å². The summed E-state index contributed by atoms with van der Waals surface area (Å²) in [6.45, 7) is 2.97. The van der Waals surface area contributed by atoms with Gasteiger partial charge in [-0.1, -0.05) is 44.7 Å². The van der Waals surface area contributed by atoms with E-state index in [1.54, 1.807) is 0 Å². The number of nitrogens with two attached hydrogens (primary N) is 1. The molecule has 15 heavy (non-hydrogen) atoms. The second-order valence-corrected chi connectivity index (χ2v) is 4.18. The first-order valence-corrected chi connectivity index (χ1v) is 5.28. The SMILES string of the molecule is C.CC(CN)Cc1ccc2c(c1)C=CC2. The summed E-state index contributed by atoms with van der Waals surface area (Å²) in [5, 5.41) is 0. The van der Waals surface area contributed by atoms with Crippen LogP contribution in [0.3, 0.4) is 0 Å². The molecule has 1 aliphatic carbocycles. The van der Waals surface area contributed by atoms with Gasteiger partial charge in [0.1, 0.15) is 0 Å². The minimum absolute atomic E-state index is 0. The Kier molecular flexibility index (Phi) is 4.10. The van der Waals surface area contributed by atoms with Crippen molar-refractivity contribution in [3.63, 3.8) is 0 Å². The van der Waals surface area contributed by atoms with E-state index in [1.807, 2.05) is 0 Å². The minimum Gasteiger partial charge on any atom is -0.330 e. The van der Waals surface area contributed by atoms with Gasteiger partial charge in [-0.15, -0.1) is 0 Å². The summed E-state index contributed by atoms with van der Waals surface area (Å²) in [4.78, 5) is 0. The zero-order chi connectivity index (χ0) is 9.97. The van der Waals surface area contributed by atoms with E-state index >= 15 is 0 Å². The Morgan fingerprint density at radius 3 is 2.93 bits per heavy atom. The monoisotopic (exact) mass is 203 g/mol. The molecular weight excluding hydrogens is 182 g/mol. The van der Waals surface area contributed by atoms with Crippen LogP contribution in [0, 0.1) is 5.92 Å². The molecule has 0 amide bonds. The number of hydrogen-bond donors (Lipinski definition) is 1. The fourth-order valence-electron chi connectivity index (χ4n) is 1.91. The van der Waals surface area contributed by atoms with Gasteiger partial charge >= 0.3 is 0 Å². The van der Waals surface area contributed by atoms with Gasteiger partial charge in [0.05, 0.1) is 0 Å². The molecule has 0 aromatic heterocycles. The van der Waals surface area contributed by atoms with Gasteiger partial charge in [-0.2, -0.15) is 0 Å². The van der Waals surface area contributed by atoms with E-state index in [1.165, 1.54) is 16.7 Å². The summed E-state index contributed by atoms with van der Waals surface area (Å²) in [7, 11) is 0. The fraction of sp³-hybridized carbons (Fsp3) is 0.429. The first kappa shape index (κ1) is 12.0. The van der Waals surface area contributed by atoms with E-state index in [9.17, 15) is 0 Å². The molecule has 0 saturated carbocycles. The molecule has 0 saturated heterocycles. The Hall–Kier alpha value is -1.08. The number of hydrogen-bond acceptors (Lipinski definition) is 1. The van der Waals surface area contributed by atoms with Gasteiger partial charge < -0.3 is 5.73 Å². The van der Waals surface area contributed by atoms with Crippen LogP contribution in [0.25, 0.3) is 6.08 Å². The highest BCUT2D eigenvalue weighted by molar-refractivity contribution is 5.60. The van der Waals surface area contributed by atoms with Crippen LogP contribution in [0.4, 0.5) is 0 Å². The van der Waals surface area contributed by atoms with Gasteiger partial charge in [0.25, 0.3) is 0 Å². The Balaban J connectivity index is 0.00000112. The molecule has 82 valence electrons. The Bertz CT molecular complexity index is 352. The average molecular weight is 203 g/mol. The van der Waals surface area contributed by atoms with Crippen molar-refractivity contribution in [1.82, 2.24) is 0 Å². The molecule has 1 nitrogen and oxygen atoms in total. The maximum atomic E-state index is 5.62. The topological polar surface area (TPSA) is 26.0 Å². The van der Waals surface area contributed by atoms with Crippen molar-refractivity contribution >= 4 is 6.08 Å². The van der Waals surface area contributed by atoms with E-state index in [2.05, 4.69) is 37.3 Å². The molecule has 1 unspecified atom stereocenters. The van der Waals surface area contributed by atoms with Crippen LogP contribution < -0.4 is 5.73 Å². The lowest BCUT2D eigenvalue weighted by Crippen LogP contribution is -2.13. The number of benzene rings is 1. The predicted octanol–water partition coefficient (Wildman–Crippen LogP) is 3.03. The van der Waals surface area contributed by atoms with Crippen molar-refractivity contribution in [3.05, 3.63) is 41.0 Å². The summed E-state index contributed by atoms with van der Waals surface area (Å²) in [6, 6.07) is 6.77. The molecule has 0 bridgehead atoms. The first-order chi connectivity index (χ1) is 6.79. The molecule has 0 spiro atoms. The quantitative estimate of drug-likeness (QED) is 0.803. The number of rotatable bonds is 3. The molecule has 1 aliphatic rings. The van der Waals surface area contributed by atoms with Crippen molar-refractivity contribution in [2.45, 2.75) is 27.2 Å². The Labute approximate surface area is 93.0 Å². The van der Waals surface area contributed by atoms with E-state index in [-0.39, 0.29) is 7.43 Å². The second kappa shape index (κ2) is 5.13. The van der Waals surface area contributed by atoms with Crippen molar-refractivity contribution in [2.24, 2.45) is 11.7 Å². The van der Waals surface area contributed by atoms with Crippen LogP contribution in [-0.4, -0.2) is 6.54 Å². The van der Waals surface area contributed by atoms with Gasteiger partial charge in [-0.25, -0.2) is 0 Å². The second-order valence-electron chi connectivity index (χ2n) is 4.18. The van der Waals surface area contributed by atoms with Crippen molar-refractivity contribution in [3.8, 4) is 0 Å². The minimum atomic E-state index is 0. The number of fused-ring (bicyclic) bond motifs is 1. The molecule has 1 aromatic carbocycles. The van der Waals surface area contributed by atoms with E-state index in [0.29, 0.717) is 5.92 Å². The molecule has 1 atom stereocenters. The summed E-state index contributed by atoms with van der Waals surface area (Å²) in [5.74, 6) is 0.582. The average Bonchev–Trinajstić information content (AvgIpc) is 2.64. The molecule has 2 N–H and O–H groups in total. The third-order valence-electron chi connectivity index (χ3n) is 2.83. The molecule has 2 rings (SSSR count). The Morgan fingerprint density at radius 1 is 1.40 bits per heavy atom. The van der Waals surface area contributed by atoms with Crippen molar-refractivity contribution in [2.75, 3.05) is 6.54 Å². The van der Waals surface area contributed by atoms with Gasteiger partial charge in [-0.3, -0.25) is 0 Å². The lowest BCUT2D eigenvalue weighted by Gasteiger charge is -2.09. The standard InChI is InChI=1S/C13H17N.CH4/c1-10(9-14)7-11-5-6-12-3-2-4-13(12)8-11;/h2,4-6,8,10H,3,7,9,14H2,1H3;1H4. The van der Waals surface area contributed by atoms with E-state index < -0.39 is 0 Å². The molecular formula is C14H21N. The Morgan fingerprint density at radius 2 is 2.20 bits per heavy atom. The maximum Gasteiger partial charge on any atom is -0.00483 e. The van der Waals surface area contributed by atoms with Crippen LogP contribution in [0.1, 0.15) is 31.0 Å². The third-order valence-corrected chi connectivity index (χ3v) is 2.83. The van der Waals surface area contributed by atoms with Crippen LogP contribution in [0.15, 0.2) is 24.3 Å². The smallest absolute Gasteiger partial charge is 0.00483 e. The van der Waals surface area contributed by atoms with Crippen molar-refractivity contribution in [1.29, 1.82) is 0 Å². The fourth-order valence-corrected chi connectivity index (χ4v) is 1.91. The largest absolute Gasteiger partial charge is 0.330 e. The normalized spacial score (nSPS) is 14.5. The van der Waals surface area contributed by atoms with Gasteiger partial charge in [0.2, 0.25) is 0 Å². The molecule has 0 aliphatic heterocycles. The van der Waals surface area contributed by atoms with Gasteiger partial charge in [0, 0.05) is 0 Å². The molecule has 1 heteroatoms. The van der Waals surface area contributed by atoms with E-state index in [4.69, 9.17) is 5.73 Å². The molecule has 1 aromatic rings. The highest BCUT2D eigenvalue weighted by Crippen LogP contribution is 2.21. The molecule has 0 heterocycles. The summed E-state index contributed by atoms with van der Waals surface area (Å²) in [6.07, 6.45) is 6.63. The lowest BCUT2D eigenvalue weighted by molar-refractivity contribution is 0.593. The van der Waals surface area contributed by atoms with Gasteiger partial charge in [-0.05, 0) is 42.0 Å². The lowest BCUT2D eigenvalue weighted by atomic mass is 9.98. The highest BCUT2D eigenvalue weighted by atomic mass is 14.5. The molecule has 0 fully saturated rings. The summed E-state index contributed by atoms with van der Waals surface area (Å²) in [5.41, 5.74) is 9.88. The summed E-state index contributed by atoms with van der Waals surface area (Å²) >= 11 is 0. The first-order valence-electron chi connectivity index (χ1n) is 5.28. The zero-order valence-electron chi connectivity index (χ0n) is 8.66. The van der Waals surface area contributed by atoms with Crippen LogP contribution in [0.5, 0.6) is 0 Å². The van der Waals surface area contributed by atoms with Crippen LogP contribution in [-0.2, 0) is 12.8 Å². The third kappa shape index (κ3) is 2.69. The highest BCUT2D eigenvalue weighted by Gasteiger charge is 2.07. The van der Waals surface area contributed by atoms with Crippen LogP contribution in [0.2, 0.25) is 0 Å². The predicted molar refractivity (Wildman–Crippen MR) is 67.8 cm³/mol. The maximum absolute atomic E-state index is 5.62.